The van der Waals surface area contributed by atoms with E-state index in [4.69, 9.17) is 5.73 Å². The lowest BCUT2D eigenvalue weighted by molar-refractivity contribution is -0.122. The van der Waals surface area contributed by atoms with Crippen LogP contribution in [0.1, 0.15) is 17.5 Å². The third-order valence-corrected chi connectivity index (χ3v) is 4.11. The molecule has 108 valence electrons. The summed E-state index contributed by atoms with van der Waals surface area (Å²) in [5, 5.41) is 3.16. The van der Waals surface area contributed by atoms with Crippen LogP contribution in [0.2, 0.25) is 0 Å². The van der Waals surface area contributed by atoms with E-state index in [0.717, 1.165) is 12.0 Å². The Hall–Kier alpha value is -2.36. The molecule has 1 atom stereocenters. The van der Waals surface area contributed by atoms with E-state index in [9.17, 15) is 9.18 Å². The van der Waals surface area contributed by atoms with Crippen LogP contribution in [0.15, 0.2) is 48.5 Å². The fraction of sp³-hybridized carbons (Fsp3) is 0.235. The predicted molar refractivity (Wildman–Crippen MR) is 80.4 cm³/mol. The molecule has 0 spiro atoms. The zero-order chi connectivity index (χ0) is 14.9. The molecule has 1 aliphatic carbocycles. The van der Waals surface area contributed by atoms with Crippen LogP contribution in [0, 0.1) is 5.82 Å². The number of carbonyl (C=O) groups excluding carboxylic acids is 1. The van der Waals surface area contributed by atoms with Crippen LogP contribution in [0.5, 0.6) is 0 Å². The summed E-state index contributed by atoms with van der Waals surface area (Å²) in [5.74, 6) is -0.739. The summed E-state index contributed by atoms with van der Waals surface area (Å²) in [6.07, 6.45) is 1.91. The summed E-state index contributed by atoms with van der Waals surface area (Å²) in [4.78, 5) is 12.0. The number of hydrogen-bond acceptors (Lipinski definition) is 2. The van der Waals surface area contributed by atoms with Crippen molar-refractivity contribution in [1.29, 1.82) is 0 Å². The molecule has 1 amide bonds. The van der Waals surface area contributed by atoms with E-state index in [-0.39, 0.29) is 5.82 Å². The van der Waals surface area contributed by atoms with Crippen LogP contribution in [-0.2, 0) is 17.6 Å². The van der Waals surface area contributed by atoms with Crippen LogP contribution in [0.25, 0.3) is 0 Å². The molecule has 0 fully saturated rings. The number of fused-ring (bicyclic) bond motifs is 1. The molecule has 2 aromatic carbocycles. The van der Waals surface area contributed by atoms with E-state index in [1.54, 1.807) is 12.1 Å². The third kappa shape index (κ3) is 2.61. The minimum absolute atomic E-state index is 0.337. The highest BCUT2D eigenvalue weighted by Crippen LogP contribution is 2.31. The molecule has 0 aliphatic heterocycles. The van der Waals surface area contributed by atoms with Gasteiger partial charge in [-0.25, -0.2) is 4.39 Å². The molecule has 0 heterocycles. The van der Waals surface area contributed by atoms with Gasteiger partial charge < -0.3 is 11.1 Å². The maximum absolute atomic E-state index is 13.3. The van der Waals surface area contributed by atoms with Gasteiger partial charge in [0.1, 0.15) is 11.4 Å². The topological polar surface area (TPSA) is 55.1 Å². The van der Waals surface area contributed by atoms with Crippen molar-refractivity contribution >= 4 is 11.6 Å². The quantitative estimate of drug-likeness (QED) is 0.910. The van der Waals surface area contributed by atoms with Gasteiger partial charge >= 0.3 is 0 Å². The lowest BCUT2D eigenvalue weighted by Crippen LogP contribution is -2.54. The van der Waals surface area contributed by atoms with Crippen molar-refractivity contribution in [2.45, 2.75) is 24.8 Å². The number of amides is 1. The summed E-state index contributed by atoms with van der Waals surface area (Å²) >= 11 is 0. The lowest BCUT2D eigenvalue weighted by Gasteiger charge is -2.37. The van der Waals surface area contributed by atoms with Crippen molar-refractivity contribution in [2.24, 2.45) is 5.73 Å². The number of benzene rings is 2. The molecule has 1 unspecified atom stereocenters. The normalized spacial score (nSPS) is 20.6. The largest absolute Gasteiger partial charge is 0.371 e. The molecular weight excluding hydrogens is 267 g/mol. The highest BCUT2D eigenvalue weighted by molar-refractivity contribution is 5.88. The smallest absolute Gasteiger partial charge is 0.243 e. The molecule has 2 aromatic rings. The third-order valence-electron chi connectivity index (χ3n) is 4.11. The maximum Gasteiger partial charge on any atom is 0.243 e. The number of nitrogens with one attached hydrogen (secondary N) is 1. The van der Waals surface area contributed by atoms with Gasteiger partial charge in [0.25, 0.3) is 0 Å². The van der Waals surface area contributed by atoms with Gasteiger partial charge in [-0.1, -0.05) is 30.3 Å². The summed E-state index contributed by atoms with van der Waals surface area (Å²) < 4.78 is 13.3. The van der Waals surface area contributed by atoms with E-state index in [1.165, 1.54) is 17.7 Å². The Morgan fingerprint density at radius 2 is 1.90 bits per heavy atom. The lowest BCUT2D eigenvalue weighted by atomic mass is 9.77. The number of primary amides is 1. The van der Waals surface area contributed by atoms with Gasteiger partial charge in [0, 0.05) is 12.1 Å². The van der Waals surface area contributed by atoms with Gasteiger partial charge in [0.05, 0.1) is 0 Å². The van der Waals surface area contributed by atoms with Crippen LogP contribution in [0.4, 0.5) is 10.1 Å². The van der Waals surface area contributed by atoms with E-state index in [2.05, 4.69) is 11.4 Å². The van der Waals surface area contributed by atoms with Gasteiger partial charge in [0.15, 0.2) is 0 Å². The number of carbonyl (C=O) groups is 1. The Bertz CT molecular complexity index is 686. The average Bonchev–Trinajstić information content (AvgIpc) is 2.47. The fourth-order valence-corrected chi connectivity index (χ4v) is 2.96. The summed E-state index contributed by atoms with van der Waals surface area (Å²) in [6.45, 7) is 0. The molecule has 0 saturated heterocycles. The first-order valence-corrected chi connectivity index (χ1v) is 6.99. The molecular formula is C17H17FN2O. The summed E-state index contributed by atoms with van der Waals surface area (Å²) in [7, 11) is 0. The van der Waals surface area contributed by atoms with Crippen LogP contribution < -0.4 is 11.1 Å². The molecule has 4 heteroatoms. The molecule has 0 bridgehead atoms. The first kappa shape index (κ1) is 13.6. The number of rotatable bonds is 3. The molecule has 3 N–H and O–H groups in total. The molecule has 0 aromatic heterocycles. The Morgan fingerprint density at radius 3 is 2.62 bits per heavy atom. The average molecular weight is 284 g/mol. The second-order valence-electron chi connectivity index (χ2n) is 5.53. The zero-order valence-corrected chi connectivity index (χ0v) is 11.6. The molecule has 0 radical (unpaired) electrons. The Morgan fingerprint density at radius 1 is 1.14 bits per heavy atom. The van der Waals surface area contributed by atoms with Gasteiger partial charge in [-0.05, 0) is 42.2 Å². The van der Waals surface area contributed by atoms with E-state index >= 15 is 0 Å². The first-order chi connectivity index (χ1) is 10.1. The Kier molecular flexibility index (Phi) is 3.37. The summed E-state index contributed by atoms with van der Waals surface area (Å²) in [5.41, 5.74) is 7.73. The first-order valence-electron chi connectivity index (χ1n) is 6.99. The second-order valence-corrected chi connectivity index (χ2v) is 5.53. The fourth-order valence-electron chi connectivity index (χ4n) is 2.96. The van der Waals surface area contributed by atoms with Crippen molar-refractivity contribution in [3.8, 4) is 0 Å². The number of anilines is 1. The number of halogens is 1. The van der Waals surface area contributed by atoms with E-state index in [1.807, 2.05) is 18.2 Å². The van der Waals surface area contributed by atoms with Gasteiger partial charge in [-0.2, -0.15) is 0 Å². The van der Waals surface area contributed by atoms with Crippen LogP contribution >= 0.6 is 0 Å². The monoisotopic (exact) mass is 284 g/mol. The van der Waals surface area contributed by atoms with Crippen molar-refractivity contribution in [3.05, 3.63) is 65.5 Å². The molecule has 1 aliphatic rings. The molecule has 0 saturated carbocycles. The highest BCUT2D eigenvalue weighted by Gasteiger charge is 2.39. The standard InChI is InChI=1S/C17H17FN2O/c18-14-6-3-7-15(10-14)20-17(16(19)21)9-8-12-4-1-2-5-13(12)11-17/h1-7,10,20H,8-9,11H2,(H2,19,21). The van der Waals surface area contributed by atoms with E-state index in [0.29, 0.717) is 18.5 Å². The van der Waals surface area contributed by atoms with Crippen LogP contribution in [-0.4, -0.2) is 11.4 Å². The second kappa shape index (κ2) is 5.20. The minimum atomic E-state index is -0.859. The van der Waals surface area contributed by atoms with Crippen molar-refractivity contribution in [2.75, 3.05) is 5.32 Å². The SMILES string of the molecule is NC(=O)C1(Nc2cccc(F)c2)CCc2ccccc2C1. The molecule has 3 nitrogen and oxygen atoms in total. The Labute approximate surface area is 123 Å². The van der Waals surface area contributed by atoms with E-state index < -0.39 is 11.4 Å². The Balaban J connectivity index is 1.93. The van der Waals surface area contributed by atoms with Gasteiger partial charge in [-0.15, -0.1) is 0 Å². The zero-order valence-electron chi connectivity index (χ0n) is 11.6. The molecule has 3 rings (SSSR count). The van der Waals surface area contributed by atoms with Gasteiger partial charge in [0.2, 0.25) is 5.91 Å². The minimum Gasteiger partial charge on any atom is -0.371 e. The van der Waals surface area contributed by atoms with Crippen molar-refractivity contribution in [1.82, 2.24) is 0 Å². The number of nitrogens with two attached hydrogens (primary N) is 1. The molecule has 21 heavy (non-hydrogen) atoms. The summed E-state index contributed by atoms with van der Waals surface area (Å²) in [6, 6.07) is 14.1. The predicted octanol–water partition coefficient (Wildman–Crippen LogP) is 2.65. The van der Waals surface area contributed by atoms with Crippen molar-refractivity contribution in [3.63, 3.8) is 0 Å². The number of aryl methyl sites for hydroxylation is 1. The highest BCUT2D eigenvalue weighted by atomic mass is 19.1. The van der Waals surface area contributed by atoms with Crippen LogP contribution in [0.3, 0.4) is 0 Å². The maximum atomic E-state index is 13.3. The van der Waals surface area contributed by atoms with Gasteiger partial charge in [-0.3, -0.25) is 4.79 Å². The number of hydrogen-bond donors (Lipinski definition) is 2. The van der Waals surface area contributed by atoms with Crippen molar-refractivity contribution < 1.29 is 9.18 Å².